The lowest BCUT2D eigenvalue weighted by molar-refractivity contribution is -0.113. The van der Waals surface area contributed by atoms with Crippen LogP contribution in [0.5, 0.6) is 11.5 Å². The van der Waals surface area contributed by atoms with Crippen molar-refractivity contribution in [1.29, 1.82) is 0 Å². The fourth-order valence-electron chi connectivity index (χ4n) is 2.44. The average Bonchev–Trinajstić information content (AvgIpc) is 2.84. The predicted octanol–water partition coefficient (Wildman–Crippen LogP) is 4.77. The Hall–Kier alpha value is -2.02. The number of rotatable bonds is 3. The number of halogens is 1. The Morgan fingerprint density at radius 2 is 2.08 bits per heavy atom. The summed E-state index contributed by atoms with van der Waals surface area (Å²) in [5.41, 5.74) is 2.43. The number of carbonyl (C=O) groups is 1. The number of phenols is 1. The van der Waals surface area contributed by atoms with E-state index >= 15 is 0 Å². The molecule has 1 saturated heterocycles. The van der Waals surface area contributed by atoms with Crippen LogP contribution in [0.25, 0.3) is 6.08 Å². The van der Waals surface area contributed by atoms with Crippen LogP contribution < -0.4 is 9.64 Å². The zero-order chi connectivity index (χ0) is 18.1. The minimum atomic E-state index is -0.191. The van der Waals surface area contributed by atoms with Gasteiger partial charge in [-0.1, -0.05) is 47.7 Å². The fourth-order valence-corrected chi connectivity index (χ4v) is 3.96. The third-order valence-corrected chi connectivity index (χ3v) is 5.21. The van der Waals surface area contributed by atoms with Crippen LogP contribution in [0, 0.1) is 6.92 Å². The van der Waals surface area contributed by atoms with Gasteiger partial charge in [0.1, 0.15) is 0 Å². The van der Waals surface area contributed by atoms with Gasteiger partial charge in [-0.2, -0.15) is 0 Å². The normalized spacial score (nSPS) is 16.0. The Balaban J connectivity index is 1.97. The number of benzene rings is 2. The summed E-state index contributed by atoms with van der Waals surface area (Å²) in [4.78, 5) is 14.8. The van der Waals surface area contributed by atoms with Gasteiger partial charge in [0, 0.05) is 0 Å². The van der Waals surface area contributed by atoms with E-state index in [1.165, 1.54) is 23.8 Å². The van der Waals surface area contributed by atoms with E-state index in [0.29, 0.717) is 14.8 Å². The molecule has 7 heteroatoms. The fraction of sp³-hybridized carbons (Fsp3) is 0.111. The third kappa shape index (κ3) is 3.51. The molecule has 3 rings (SSSR count). The van der Waals surface area contributed by atoms with Crippen LogP contribution in [0.15, 0.2) is 41.3 Å². The van der Waals surface area contributed by atoms with Gasteiger partial charge in [0.25, 0.3) is 5.91 Å². The molecular weight excluding hydrogens is 378 g/mol. The molecule has 1 aliphatic rings. The first kappa shape index (κ1) is 17.8. The van der Waals surface area contributed by atoms with Gasteiger partial charge in [-0.3, -0.25) is 9.69 Å². The summed E-state index contributed by atoms with van der Waals surface area (Å²) in [6.07, 6.45) is 1.68. The number of aryl methyl sites for hydroxylation is 1. The van der Waals surface area contributed by atoms with E-state index in [4.69, 9.17) is 28.6 Å². The minimum absolute atomic E-state index is 0.131. The SMILES string of the molecule is COc1cc(/C=C2/SC(=S)N(c3cccc(C)c3)C2=O)cc(Cl)c1O. The molecule has 1 amide bonds. The number of amides is 1. The first-order valence-electron chi connectivity index (χ1n) is 7.32. The minimum Gasteiger partial charge on any atom is -0.503 e. The van der Waals surface area contributed by atoms with Gasteiger partial charge in [-0.15, -0.1) is 0 Å². The number of aromatic hydroxyl groups is 1. The van der Waals surface area contributed by atoms with Crippen molar-refractivity contribution in [3.05, 3.63) is 57.5 Å². The number of anilines is 1. The molecule has 2 aromatic rings. The molecule has 0 aromatic heterocycles. The Morgan fingerprint density at radius 3 is 2.76 bits per heavy atom. The third-order valence-electron chi connectivity index (χ3n) is 3.62. The Kier molecular flexibility index (Phi) is 5.03. The highest BCUT2D eigenvalue weighted by Gasteiger charge is 2.33. The summed E-state index contributed by atoms with van der Waals surface area (Å²) >= 11 is 12.6. The largest absolute Gasteiger partial charge is 0.503 e. The Bertz CT molecular complexity index is 911. The lowest BCUT2D eigenvalue weighted by Gasteiger charge is -2.14. The number of hydrogen-bond donors (Lipinski definition) is 1. The Morgan fingerprint density at radius 1 is 1.32 bits per heavy atom. The lowest BCUT2D eigenvalue weighted by Crippen LogP contribution is -2.27. The molecule has 0 saturated carbocycles. The molecule has 0 bridgehead atoms. The first-order chi connectivity index (χ1) is 11.9. The number of thioether (sulfide) groups is 1. The number of ether oxygens (including phenoxy) is 1. The molecule has 0 spiro atoms. The Labute approximate surface area is 160 Å². The summed E-state index contributed by atoms with van der Waals surface area (Å²) in [7, 11) is 1.44. The summed E-state index contributed by atoms with van der Waals surface area (Å²) in [5, 5.41) is 9.97. The van der Waals surface area contributed by atoms with Gasteiger partial charge in [-0.25, -0.2) is 0 Å². The van der Waals surface area contributed by atoms with E-state index in [1.54, 1.807) is 18.2 Å². The summed E-state index contributed by atoms with van der Waals surface area (Å²) < 4.78 is 5.56. The number of thiocarbonyl (C=S) groups is 1. The molecule has 25 heavy (non-hydrogen) atoms. The number of hydrogen-bond acceptors (Lipinski definition) is 5. The van der Waals surface area contributed by atoms with Crippen molar-refractivity contribution < 1.29 is 14.6 Å². The average molecular weight is 392 g/mol. The van der Waals surface area contributed by atoms with Crippen LogP contribution in [0.3, 0.4) is 0 Å². The number of carbonyl (C=O) groups excluding carboxylic acids is 1. The molecule has 1 fully saturated rings. The molecule has 1 aliphatic heterocycles. The van der Waals surface area contributed by atoms with E-state index in [0.717, 1.165) is 11.3 Å². The van der Waals surface area contributed by atoms with Crippen LogP contribution in [0.4, 0.5) is 5.69 Å². The quantitative estimate of drug-likeness (QED) is 0.603. The van der Waals surface area contributed by atoms with Gasteiger partial charge in [0.05, 0.1) is 22.7 Å². The van der Waals surface area contributed by atoms with E-state index in [-0.39, 0.29) is 22.4 Å². The van der Waals surface area contributed by atoms with Crippen molar-refractivity contribution in [2.45, 2.75) is 6.92 Å². The second kappa shape index (κ2) is 7.07. The molecule has 0 atom stereocenters. The van der Waals surface area contributed by atoms with E-state index in [9.17, 15) is 9.90 Å². The number of methoxy groups -OCH3 is 1. The summed E-state index contributed by atoms with van der Waals surface area (Å²) in [5.74, 6) is -0.0784. The molecule has 128 valence electrons. The van der Waals surface area contributed by atoms with Gasteiger partial charge < -0.3 is 9.84 Å². The topological polar surface area (TPSA) is 49.8 Å². The monoisotopic (exact) mass is 391 g/mol. The van der Waals surface area contributed by atoms with E-state index in [1.807, 2.05) is 31.2 Å². The first-order valence-corrected chi connectivity index (χ1v) is 8.92. The van der Waals surface area contributed by atoms with Crippen LogP contribution in [0.1, 0.15) is 11.1 Å². The van der Waals surface area contributed by atoms with Gasteiger partial charge in [0.15, 0.2) is 15.8 Å². The number of phenolic OH excluding ortho intramolecular Hbond substituents is 1. The second-order valence-electron chi connectivity index (χ2n) is 5.41. The highest BCUT2D eigenvalue weighted by atomic mass is 35.5. The molecule has 2 aromatic carbocycles. The van der Waals surface area contributed by atoms with Crippen LogP contribution >= 0.6 is 35.6 Å². The highest BCUT2D eigenvalue weighted by molar-refractivity contribution is 8.27. The zero-order valence-electron chi connectivity index (χ0n) is 13.4. The van der Waals surface area contributed by atoms with Crippen molar-refractivity contribution in [3.8, 4) is 11.5 Å². The number of nitrogens with zero attached hydrogens (tertiary/aromatic N) is 1. The van der Waals surface area contributed by atoms with Crippen LogP contribution in [0.2, 0.25) is 5.02 Å². The zero-order valence-corrected chi connectivity index (χ0v) is 15.8. The molecule has 0 radical (unpaired) electrons. The van der Waals surface area contributed by atoms with Crippen molar-refractivity contribution in [2.24, 2.45) is 0 Å². The predicted molar refractivity (Wildman–Crippen MR) is 106 cm³/mol. The maximum atomic E-state index is 12.8. The molecule has 1 heterocycles. The van der Waals surface area contributed by atoms with Crippen molar-refractivity contribution in [1.82, 2.24) is 0 Å². The maximum absolute atomic E-state index is 12.8. The van der Waals surface area contributed by atoms with Gasteiger partial charge in [0.2, 0.25) is 0 Å². The standard InChI is InChI=1S/C18H14ClNO3S2/c1-10-4-3-5-12(6-10)20-17(22)15(25-18(20)24)9-11-7-13(19)16(21)14(8-11)23-2/h3-9,21H,1-2H3/b15-9+. The van der Waals surface area contributed by atoms with Crippen molar-refractivity contribution >= 4 is 57.6 Å². The molecule has 0 unspecified atom stereocenters. The summed E-state index contributed by atoms with van der Waals surface area (Å²) in [6.45, 7) is 1.96. The summed E-state index contributed by atoms with van der Waals surface area (Å²) in [6, 6.07) is 10.8. The second-order valence-corrected chi connectivity index (χ2v) is 7.49. The molecule has 0 aliphatic carbocycles. The van der Waals surface area contributed by atoms with Gasteiger partial charge >= 0.3 is 0 Å². The molecule has 1 N–H and O–H groups in total. The van der Waals surface area contributed by atoms with E-state index < -0.39 is 0 Å². The molecular formula is C18H14ClNO3S2. The smallest absolute Gasteiger partial charge is 0.270 e. The van der Waals surface area contributed by atoms with Crippen molar-refractivity contribution in [3.63, 3.8) is 0 Å². The lowest BCUT2D eigenvalue weighted by atomic mass is 10.1. The molecule has 4 nitrogen and oxygen atoms in total. The van der Waals surface area contributed by atoms with Crippen molar-refractivity contribution in [2.75, 3.05) is 12.0 Å². The highest BCUT2D eigenvalue weighted by Crippen LogP contribution is 2.39. The van der Waals surface area contributed by atoms with E-state index in [2.05, 4.69) is 0 Å². The van der Waals surface area contributed by atoms with Gasteiger partial charge in [-0.05, 0) is 48.4 Å². The van der Waals surface area contributed by atoms with Crippen LogP contribution in [-0.4, -0.2) is 22.4 Å². The van der Waals surface area contributed by atoms with Crippen LogP contribution in [-0.2, 0) is 4.79 Å². The maximum Gasteiger partial charge on any atom is 0.270 e.